The summed E-state index contributed by atoms with van der Waals surface area (Å²) in [7, 11) is 0. The Bertz CT molecular complexity index is 532. The highest BCUT2D eigenvalue weighted by Gasteiger charge is 2.03. The van der Waals surface area contributed by atoms with Gasteiger partial charge in [-0.25, -0.2) is 4.98 Å². The van der Waals surface area contributed by atoms with Crippen molar-refractivity contribution in [2.75, 3.05) is 5.32 Å². The molecular formula is C12H10Br2N2O. The van der Waals surface area contributed by atoms with E-state index in [-0.39, 0.29) is 5.75 Å². The zero-order valence-electron chi connectivity index (χ0n) is 8.82. The average molecular weight is 358 g/mol. The van der Waals surface area contributed by atoms with Gasteiger partial charge in [0.2, 0.25) is 0 Å². The van der Waals surface area contributed by atoms with Crippen LogP contribution in [-0.4, -0.2) is 10.1 Å². The minimum atomic E-state index is 0.278. The van der Waals surface area contributed by atoms with Gasteiger partial charge in [0, 0.05) is 22.8 Å². The molecule has 0 aliphatic heterocycles. The van der Waals surface area contributed by atoms with E-state index in [4.69, 9.17) is 0 Å². The average Bonchev–Trinajstić information content (AvgIpc) is 2.32. The number of pyridine rings is 1. The van der Waals surface area contributed by atoms with Gasteiger partial charge in [-0.2, -0.15) is 0 Å². The summed E-state index contributed by atoms with van der Waals surface area (Å²) < 4.78 is 1.70. The second kappa shape index (κ2) is 5.51. The molecule has 17 heavy (non-hydrogen) atoms. The summed E-state index contributed by atoms with van der Waals surface area (Å²) in [6.07, 6.45) is 1.71. The highest BCUT2D eigenvalue weighted by Crippen LogP contribution is 2.24. The van der Waals surface area contributed by atoms with Crippen LogP contribution in [0.25, 0.3) is 0 Å². The van der Waals surface area contributed by atoms with Gasteiger partial charge in [0.25, 0.3) is 0 Å². The third-order valence-corrected chi connectivity index (χ3v) is 3.40. The predicted octanol–water partition coefficient (Wildman–Crippen LogP) is 3.92. The second-order valence-electron chi connectivity index (χ2n) is 3.47. The number of anilines is 1. The van der Waals surface area contributed by atoms with E-state index >= 15 is 0 Å². The molecule has 2 N–H and O–H groups in total. The Balaban J connectivity index is 2.12. The first-order chi connectivity index (χ1) is 8.16. The van der Waals surface area contributed by atoms with Crippen LogP contribution in [0.1, 0.15) is 5.56 Å². The maximum Gasteiger partial charge on any atom is 0.129 e. The minimum absolute atomic E-state index is 0.278. The number of halogens is 2. The molecule has 3 nitrogen and oxygen atoms in total. The minimum Gasteiger partial charge on any atom is -0.508 e. The number of nitrogens with zero attached hydrogens (tertiary/aromatic N) is 1. The zero-order chi connectivity index (χ0) is 12.3. The fourth-order valence-corrected chi connectivity index (χ4v) is 2.20. The lowest BCUT2D eigenvalue weighted by molar-refractivity contribution is 0.469. The Hall–Kier alpha value is -1.07. The van der Waals surface area contributed by atoms with Gasteiger partial charge in [-0.3, -0.25) is 0 Å². The molecule has 0 spiro atoms. The largest absolute Gasteiger partial charge is 0.508 e. The number of aromatic nitrogens is 1. The van der Waals surface area contributed by atoms with Crippen molar-refractivity contribution in [1.82, 2.24) is 4.98 Å². The molecular weight excluding hydrogens is 348 g/mol. The smallest absolute Gasteiger partial charge is 0.129 e. The molecule has 0 atom stereocenters. The SMILES string of the molecule is Oc1ccc(Br)cc1CNc1cccnc1Br. The summed E-state index contributed by atoms with van der Waals surface area (Å²) in [5.74, 6) is 0.278. The fraction of sp³-hybridized carbons (Fsp3) is 0.0833. The Kier molecular flexibility index (Phi) is 4.02. The van der Waals surface area contributed by atoms with Crippen molar-refractivity contribution in [2.24, 2.45) is 0 Å². The number of nitrogens with one attached hydrogen (secondary N) is 1. The quantitative estimate of drug-likeness (QED) is 0.818. The van der Waals surface area contributed by atoms with Crippen molar-refractivity contribution in [2.45, 2.75) is 6.54 Å². The van der Waals surface area contributed by atoms with E-state index in [0.29, 0.717) is 6.54 Å². The number of aromatic hydroxyl groups is 1. The van der Waals surface area contributed by atoms with Crippen molar-refractivity contribution < 1.29 is 5.11 Å². The van der Waals surface area contributed by atoms with Gasteiger partial charge in [-0.1, -0.05) is 15.9 Å². The highest BCUT2D eigenvalue weighted by atomic mass is 79.9. The number of rotatable bonds is 3. The van der Waals surface area contributed by atoms with Gasteiger partial charge in [-0.05, 0) is 46.3 Å². The maximum atomic E-state index is 9.69. The van der Waals surface area contributed by atoms with Crippen LogP contribution < -0.4 is 5.32 Å². The van der Waals surface area contributed by atoms with Crippen LogP contribution in [0.15, 0.2) is 45.6 Å². The third-order valence-electron chi connectivity index (χ3n) is 2.27. The topological polar surface area (TPSA) is 45.1 Å². The first-order valence-electron chi connectivity index (χ1n) is 4.98. The second-order valence-corrected chi connectivity index (χ2v) is 5.14. The zero-order valence-corrected chi connectivity index (χ0v) is 12.0. The summed E-state index contributed by atoms with van der Waals surface area (Å²) in [4.78, 5) is 4.11. The van der Waals surface area contributed by atoms with E-state index in [0.717, 1.165) is 20.3 Å². The lowest BCUT2D eigenvalue weighted by Gasteiger charge is -2.09. The molecule has 0 saturated carbocycles. The Labute approximate surface area is 116 Å². The highest BCUT2D eigenvalue weighted by molar-refractivity contribution is 9.10. The Morgan fingerprint density at radius 3 is 2.82 bits per heavy atom. The fourth-order valence-electron chi connectivity index (χ4n) is 1.40. The van der Waals surface area contributed by atoms with E-state index in [1.165, 1.54) is 0 Å². The number of phenolic OH excluding ortho intramolecular Hbond substituents is 1. The van der Waals surface area contributed by atoms with E-state index in [1.807, 2.05) is 18.2 Å². The number of hydrogen-bond acceptors (Lipinski definition) is 3. The van der Waals surface area contributed by atoms with E-state index < -0.39 is 0 Å². The van der Waals surface area contributed by atoms with Crippen LogP contribution in [0.4, 0.5) is 5.69 Å². The normalized spacial score (nSPS) is 10.2. The first kappa shape index (κ1) is 12.4. The molecule has 2 rings (SSSR count). The summed E-state index contributed by atoms with van der Waals surface area (Å²) >= 11 is 6.73. The maximum absolute atomic E-state index is 9.69. The predicted molar refractivity (Wildman–Crippen MR) is 75.1 cm³/mol. The molecule has 0 saturated heterocycles. The van der Waals surface area contributed by atoms with Crippen molar-refractivity contribution in [1.29, 1.82) is 0 Å². The van der Waals surface area contributed by atoms with Gasteiger partial charge in [0.15, 0.2) is 0 Å². The number of phenols is 1. The van der Waals surface area contributed by atoms with Crippen molar-refractivity contribution in [3.8, 4) is 5.75 Å². The summed E-state index contributed by atoms with van der Waals surface area (Å²) in [6, 6.07) is 9.13. The van der Waals surface area contributed by atoms with Crippen molar-refractivity contribution in [3.05, 3.63) is 51.2 Å². The van der Waals surface area contributed by atoms with Gasteiger partial charge >= 0.3 is 0 Å². The standard InChI is InChI=1S/C12H10Br2N2O/c13-9-3-4-11(17)8(6-9)7-16-10-2-1-5-15-12(10)14/h1-6,16-17H,7H2. The monoisotopic (exact) mass is 356 g/mol. The molecule has 0 aliphatic rings. The molecule has 88 valence electrons. The summed E-state index contributed by atoms with van der Waals surface area (Å²) in [6.45, 7) is 0.537. The van der Waals surface area contributed by atoms with Crippen LogP contribution in [0, 0.1) is 0 Å². The Morgan fingerprint density at radius 2 is 2.06 bits per heavy atom. The van der Waals surface area contributed by atoms with Crippen LogP contribution >= 0.6 is 31.9 Å². The lowest BCUT2D eigenvalue weighted by Crippen LogP contribution is -2.01. The van der Waals surface area contributed by atoms with Gasteiger partial charge in [0.05, 0.1) is 5.69 Å². The lowest BCUT2D eigenvalue weighted by atomic mass is 10.2. The molecule has 1 aromatic heterocycles. The van der Waals surface area contributed by atoms with E-state index in [1.54, 1.807) is 18.3 Å². The van der Waals surface area contributed by atoms with Gasteiger partial charge in [-0.15, -0.1) is 0 Å². The Morgan fingerprint density at radius 1 is 1.24 bits per heavy atom. The van der Waals surface area contributed by atoms with Gasteiger partial charge in [0.1, 0.15) is 10.4 Å². The van der Waals surface area contributed by atoms with Crippen LogP contribution in [-0.2, 0) is 6.54 Å². The molecule has 2 aromatic rings. The third kappa shape index (κ3) is 3.20. The molecule has 0 unspecified atom stereocenters. The molecule has 0 amide bonds. The van der Waals surface area contributed by atoms with Crippen LogP contribution in [0.5, 0.6) is 5.75 Å². The molecule has 1 aromatic carbocycles. The molecule has 0 aliphatic carbocycles. The molecule has 0 bridgehead atoms. The van der Waals surface area contributed by atoms with Crippen LogP contribution in [0.2, 0.25) is 0 Å². The van der Waals surface area contributed by atoms with Crippen LogP contribution in [0.3, 0.4) is 0 Å². The molecule has 0 radical (unpaired) electrons. The van der Waals surface area contributed by atoms with Crippen molar-refractivity contribution in [3.63, 3.8) is 0 Å². The van der Waals surface area contributed by atoms with E-state index in [9.17, 15) is 5.11 Å². The number of benzene rings is 1. The summed E-state index contributed by atoms with van der Waals surface area (Å²) in [5.41, 5.74) is 1.72. The molecule has 5 heteroatoms. The van der Waals surface area contributed by atoms with E-state index in [2.05, 4.69) is 42.2 Å². The molecule has 1 heterocycles. The van der Waals surface area contributed by atoms with Crippen molar-refractivity contribution >= 4 is 37.5 Å². The first-order valence-corrected chi connectivity index (χ1v) is 6.57. The molecule has 0 fully saturated rings. The number of hydrogen-bond donors (Lipinski definition) is 2. The van der Waals surface area contributed by atoms with Gasteiger partial charge < -0.3 is 10.4 Å². The summed E-state index contributed by atoms with van der Waals surface area (Å²) in [5, 5.41) is 12.9.